The first-order valence-electron chi connectivity index (χ1n) is 5.26. The van der Waals surface area contributed by atoms with Crippen LogP contribution in [0.5, 0.6) is 0 Å². The first-order chi connectivity index (χ1) is 7.39. The molecular weight excluding hydrogens is 210 g/mol. The van der Waals surface area contributed by atoms with E-state index in [0.29, 0.717) is 24.1 Å². The fraction of sp³-hybridized carbons (Fsp3) is 0.636. The van der Waals surface area contributed by atoms with Gasteiger partial charge in [0.05, 0.1) is 11.8 Å². The molecule has 0 amide bonds. The maximum Gasteiger partial charge on any atom is 0.311 e. The van der Waals surface area contributed by atoms with Crippen LogP contribution in [0.15, 0.2) is 4.52 Å². The lowest BCUT2D eigenvalue weighted by Crippen LogP contribution is -2.25. The Labute approximate surface area is 93.1 Å². The number of hydrogen-bond acceptors (Lipinski definition) is 4. The van der Waals surface area contributed by atoms with E-state index in [2.05, 4.69) is 5.16 Å². The van der Waals surface area contributed by atoms with Crippen LogP contribution in [-0.4, -0.2) is 21.3 Å². The van der Waals surface area contributed by atoms with Crippen molar-refractivity contribution >= 4 is 5.97 Å². The molecule has 0 saturated carbocycles. The molecular formula is C11H15NO4. The molecule has 1 atom stereocenters. The van der Waals surface area contributed by atoms with E-state index in [4.69, 9.17) is 9.63 Å². The molecule has 0 radical (unpaired) electrons. The molecule has 1 aliphatic rings. The third kappa shape index (κ3) is 1.95. The van der Waals surface area contributed by atoms with E-state index in [0.717, 1.165) is 0 Å². The topological polar surface area (TPSA) is 83.6 Å². The minimum absolute atomic E-state index is 0.0240. The van der Waals surface area contributed by atoms with Crippen molar-refractivity contribution < 1.29 is 19.5 Å². The number of carbonyl (C=O) groups is 1. The number of nitrogens with zero attached hydrogens (tertiary/aromatic N) is 1. The Kier molecular flexibility index (Phi) is 2.50. The summed E-state index contributed by atoms with van der Waals surface area (Å²) < 4.78 is 5.00. The van der Waals surface area contributed by atoms with Crippen LogP contribution < -0.4 is 0 Å². The number of aliphatic carboxylic acids is 1. The summed E-state index contributed by atoms with van der Waals surface area (Å²) in [5, 5.41) is 22.6. The van der Waals surface area contributed by atoms with Gasteiger partial charge >= 0.3 is 5.97 Å². The van der Waals surface area contributed by atoms with E-state index in [1.807, 2.05) is 13.8 Å². The summed E-state index contributed by atoms with van der Waals surface area (Å²) in [6.07, 6.45) is 0.426. The van der Waals surface area contributed by atoms with E-state index in [1.165, 1.54) is 0 Å². The van der Waals surface area contributed by atoms with Crippen LogP contribution in [0.25, 0.3) is 0 Å². The van der Waals surface area contributed by atoms with Crippen molar-refractivity contribution in [1.82, 2.24) is 5.16 Å². The highest BCUT2D eigenvalue weighted by Crippen LogP contribution is 2.41. The number of aliphatic hydroxyl groups is 1. The van der Waals surface area contributed by atoms with Gasteiger partial charge in [-0.2, -0.15) is 0 Å². The number of hydrogen-bond donors (Lipinski definition) is 2. The number of aromatic nitrogens is 1. The van der Waals surface area contributed by atoms with Crippen LogP contribution in [0.4, 0.5) is 0 Å². The van der Waals surface area contributed by atoms with Gasteiger partial charge in [0, 0.05) is 5.56 Å². The lowest BCUT2D eigenvalue weighted by molar-refractivity contribution is -0.136. The molecule has 88 valence electrons. The van der Waals surface area contributed by atoms with Crippen LogP contribution in [0.1, 0.15) is 43.4 Å². The molecule has 16 heavy (non-hydrogen) atoms. The van der Waals surface area contributed by atoms with Gasteiger partial charge in [-0.1, -0.05) is 19.0 Å². The highest BCUT2D eigenvalue weighted by Gasteiger charge is 2.36. The summed E-state index contributed by atoms with van der Waals surface area (Å²) in [5.74, 6) is -0.693. The minimum Gasteiger partial charge on any atom is -0.481 e. The van der Waals surface area contributed by atoms with Gasteiger partial charge in [0.2, 0.25) is 0 Å². The van der Waals surface area contributed by atoms with Crippen LogP contribution in [0, 0.1) is 5.41 Å². The molecule has 5 heteroatoms. The van der Waals surface area contributed by atoms with Crippen LogP contribution in [0.3, 0.4) is 0 Å². The van der Waals surface area contributed by atoms with E-state index >= 15 is 0 Å². The number of carboxylic acid groups (broad SMARTS) is 1. The SMILES string of the molecule is CC1(C)Cc2noc(CC(=O)O)c2C(O)C1. The molecule has 1 unspecified atom stereocenters. The zero-order valence-corrected chi connectivity index (χ0v) is 9.36. The summed E-state index contributed by atoms with van der Waals surface area (Å²) in [4.78, 5) is 10.6. The van der Waals surface area contributed by atoms with Crippen molar-refractivity contribution in [2.45, 2.75) is 39.2 Å². The maximum atomic E-state index is 10.6. The van der Waals surface area contributed by atoms with Gasteiger partial charge < -0.3 is 14.7 Å². The Morgan fingerprint density at radius 1 is 1.62 bits per heavy atom. The lowest BCUT2D eigenvalue weighted by Gasteiger charge is -2.31. The molecule has 1 aromatic rings. The highest BCUT2D eigenvalue weighted by molar-refractivity contribution is 5.70. The van der Waals surface area contributed by atoms with Crippen molar-refractivity contribution in [1.29, 1.82) is 0 Å². The summed E-state index contributed by atoms with van der Waals surface area (Å²) in [5.41, 5.74) is 1.26. The Morgan fingerprint density at radius 2 is 2.31 bits per heavy atom. The Bertz CT molecular complexity index is 422. The van der Waals surface area contributed by atoms with Crippen molar-refractivity contribution in [2.24, 2.45) is 5.41 Å². The normalized spacial score (nSPS) is 22.8. The number of aliphatic hydroxyl groups excluding tert-OH is 1. The monoisotopic (exact) mass is 225 g/mol. The molecule has 0 bridgehead atoms. The van der Waals surface area contributed by atoms with Gasteiger partial charge in [-0.15, -0.1) is 0 Å². The Balaban J connectivity index is 2.35. The van der Waals surface area contributed by atoms with Gasteiger partial charge in [-0.3, -0.25) is 4.79 Å². The van der Waals surface area contributed by atoms with E-state index in [1.54, 1.807) is 0 Å². The molecule has 1 aliphatic carbocycles. The van der Waals surface area contributed by atoms with Gasteiger partial charge in [0.15, 0.2) is 5.76 Å². The van der Waals surface area contributed by atoms with E-state index in [-0.39, 0.29) is 17.6 Å². The first-order valence-corrected chi connectivity index (χ1v) is 5.26. The molecule has 2 N–H and O–H groups in total. The average molecular weight is 225 g/mol. The standard InChI is InChI=1S/C11H15NO4/c1-11(2)4-6-10(7(13)5-11)8(16-12-6)3-9(14)15/h7,13H,3-5H2,1-2H3,(H,14,15). The second-order valence-electron chi connectivity index (χ2n) is 5.10. The predicted molar refractivity (Wildman–Crippen MR) is 54.9 cm³/mol. The van der Waals surface area contributed by atoms with Crippen molar-refractivity contribution in [2.75, 3.05) is 0 Å². The molecule has 5 nitrogen and oxygen atoms in total. The number of rotatable bonds is 2. The third-order valence-electron chi connectivity index (χ3n) is 2.91. The molecule has 0 spiro atoms. The zero-order chi connectivity index (χ0) is 11.9. The third-order valence-corrected chi connectivity index (χ3v) is 2.91. The van der Waals surface area contributed by atoms with E-state index < -0.39 is 12.1 Å². The van der Waals surface area contributed by atoms with Crippen LogP contribution >= 0.6 is 0 Å². The minimum atomic E-state index is -0.976. The highest BCUT2D eigenvalue weighted by atomic mass is 16.5. The Morgan fingerprint density at radius 3 is 2.94 bits per heavy atom. The molecule has 1 heterocycles. The van der Waals surface area contributed by atoms with Gasteiger partial charge in [0.25, 0.3) is 0 Å². The van der Waals surface area contributed by atoms with Crippen molar-refractivity contribution in [3.8, 4) is 0 Å². The molecule has 0 saturated heterocycles. The van der Waals surface area contributed by atoms with Crippen molar-refractivity contribution in [3.63, 3.8) is 0 Å². The molecule has 0 aliphatic heterocycles. The summed E-state index contributed by atoms with van der Waals surface area (Å²) in [6.45, 7) is 4.09. The molecule has 0 fully saturated rings. The van der Waals surface area contributed by atoms with E-state index in [9.17, 15) is 9.90 Å². The molecule has 1 aromatic heterocycles. The maximum absolute atomic E-state index is 10.6. The fourth-order valence-corrected chi connectivity index (χ4v) is 2.29. The molecule has 2 rings (SSSR count). The average Bonchev–Trinajstić information content (AvgIpc) is 2.44. The lowest BCUT2D eigenvalue weighted by atomic mass is 9.75. The smallest absolute Gasteiger partial charge is 0.311 e. The zero-order valence-electron chi connectivity index (χ0n) is 9.36. The second-order valence-corrected chi connectivity index (χ2v) is 5.10. The summed E-state index contributed by atoms with van der Waals surface area (Å²) in [6, 6.07) is 0. The Hall–Kier alpha value is -1.36. The van der Waals surface area contributed by atoms with Gasteiger partial charge in [-0.05, 0) is 18.3 Å². The predicted octanol–water partition coefficient (Wildman–Crippen LogP) is 1.31. The van der Waals surface area contributed by atoms with Crippen molar-refractivity contribution in [3.05, 3.63) is 17.0 Å². The molecule has 0 aromatic carbocycles. The quantitative estimate of drug-likeness (QED) is 0.792. The van der Waals surface area contributed by atoms with Gasteiger partial charge in [-0.25, -0.2) is 0 Å². The van der Waals surface area contributed by atoms with Crippen LogP contribution in [0.2, 0.25) is 0 Å². The van der Waals surface area contributed by atoms with Crippen LogP contribution in [-0.2, 0) is 17.6 Å². The number of fused-ring (bicyclic) bond motifs is 1. The fourth-order valence-electron chi connectivity index (χ4n) is 2.29. The van der Waals surface area contributed by atoms with Gasteiger partial charge in [0.1, 0.15) is 6.42 Å². The number of carboxylic acids is 1. The largest absolute Gasteiger partial charge is 0.481 e. The summed E-state index contributed by atoms with van der Waals surface area (Å²) in [7, 11) is 0. The first kappa shape index (κ1) is 11.1. The summed E-state index contributed by atoms with van der Waals surface area (Å²) >= 11 is 0. The second kappa shape index (κ2) is 3.59.